The van der Waals surface area contributed by atoms with Crippen LogP contribution in [0.3, 0.4) is 0 Å². The van der Waals surface area contributed by atoms with Crippen molar-refractivity contribution in [3.63, 3.8) is 0 Å². The molecule has 0 bridgehead atoms. The summed E-state index contributed by atoms with van der Waals surface area (Å²) >= 11 is 5.49. The van der Waals surface area contributed by atoms with Gasteiger partial charge in [0.1, 0.15) is 23.3 Å². The number of nitrogens with zero attached hydrogens (tertiary/aromatic N) is 6. The molecule has 0 aliphatic carbocycles. The van der Waals surface area contributed by atoms with E-state index in [9.17, 15) is 0 Å². The van der Waals surface area contributed by atoms with Gasteiger partial charge in [-0.25, -0.2) is 19.9 Å². The third-order valence-corrected chi connectivity index (χ3v) is 3.23. The van der Waals surface area contributed by atoms with E-state index in [1.807, 2.05) is 13.8 Å². The Kier molecular flexibility index (Phi) is 14.1. The van der Waals surface area contributed by atoms with Crippen LogP contribution in [0.25, 0.3) is 0 Å². The van der Waals surface area contributed by atoms with Gasteiger partial charge in [-0.2, -0.15) is 9.97 Å². The number of unbranched alkanes of at least 4 members (excludes halogenated alkanes) is 2. The Hall–Kier alpha value is -1.93. The number of hydrogen-bond acceptors (Lipinski definition) is 8. The molecule has 3 N–H and O–H groups in total. The van der Waals surface area contributed by atoms with Gasteiger partial charge < -0.3 is 11.1 Å². The van der Waals surface area contributed by atoms with Crippen molar-refractivity contribution < 1.29 is 0 Å². The van der Waals surface area contributed by atoms with Crippen molar-refractivity contribution in [2.24, 2.45) is 5.73 Å². The summed E-state index contributed by atoms with van der Waals surface area (Å²) in [7, 11) is 0. The van der Waals surface area contributed by atoms with E-state index in [1.54, 1.807) is 13.8 Å². The maximum absolute atomic E-state index is 5.49. The SMILES string of the molecule is CCCCN.CCCCNc1nc(C)nc(C)n1.Cc1nc(C)nc(Cl)n1. The molecular formula is C18H33ClN8. The predicted molar refractivity (Wildman–Crippen MR) is 111 cm³/mol. The summed E-state index contributed by atoms with van der Waals surface area (Å²) < 4.78 is 0. The molecular weight excluding hydrogens is 364 g/mol. The van der Waals surface area contributed by atoms with Crippen LogP contribution in [0.2, 0.25) is 5.28 Å². The van der Waals surface area contributed by atoms with E-state index in [2.05, 4.69) is 49.1 Å². The highest BCUT2D eigenvalue weighted by molar-refractivity contribution is 6.28. The normalized spacial score (nSPS) is 9.63. The number of nitrogens with two attached hydrogens (primary N) is 1. The minimum Gasteiger partial charge on any atom is -0.354 e. The first kappa shape index (κ1) is 25.1. The fourth-order valence-corrected chi connectivity index (χ4v) is 2.10. The zero-order chi connectivity index (χ0) is 20.7. The average Bonchev–Trinajstić information content (AvgIpc) is 2.55. The highest BCUT2D eigenvalue weighted by Crippen LogP contribution is 2.00. The molecule has 0 spiro atoms. The van der Waals surface area contributed by atoms with Crippen LogP contribution in [0.15, 0.2) is 0 Å². The Morgan fingerprint density at radius 1 is 0.741 bits per heavy atom. The molecule has 27 heavy (non-hydrogen) atoms. The number of aryl methyl sites for hydroxylation is 4. The lowest BCUT2D eigenvalue weighted by molar-refractivity contribution is 0.807. The number of nitrogens with one attached hydrogen (secondary N) is 1. The molecule has 2 heterocycles. The van der Waals surface area contributed by atoms with E-state index < -0.39 is 0 Å². The zero-order valence-corrected chi connectivity index (χ0v) is 18.1. The highest BCUT2D eigenvalue weighted by atomic mass is 35.5. The highest BCUT2D eigenvalue weighted by Gasteiger charge is 1.98. The van der Waals surface area contributed by atoms with Gasteiger partial charge in [-0.05, 0) is 58.7 Å². The van der Waals surface area contributed by atoms with Gasteiger partial charge in [0, 0.05) is 6.54 Å². The molecule has 0 aromatic carbocycles. The number of aromatic nitrogens is 6. The molecule has 8 nitrogen and oxygen atoms in total. The number of hydrogen-bond donors (Lipinski definition) is 2. The molecule has 0 radical (unpaired) electrons. The average molecular weight is 397 g/mol. The van der Waals surface area contributed by atoms with Crippen molar-refractivity contribution in [1.82, 2.24) is 29.9 Å². The van der Waals surface area contributed by atoms with Gasteiger partial charge in [0.25, 0.3) is 0 Å². The molecule has 9 heteroatoms. The molecule has 0 saturated heterocycles. The monoisotopic (exact) mass is 396 g/mol. The largest absolute Gasteiger partial charge is 0.354 e. The maximum atomic E-state index is 5.49. The van der Waals surface area contributed by atoms with E-state index in [0.717, 1.165) is 31.2 Å². The van der Waals surface area contributed by atoms with Crippen LogP contribution < -0.4 is 11.1 Å². The fraction of sp³-hybridized carbons (Fsp3) is 0.667. The summed E-state index contributed by atoms with van der Waals surface area (Å²) in [5.41, 5.74) is 5.14. The molecule has 2 aromatic rings. The minimum absolute atomic E-state index is 0.264. The smallest absolute Gasteiger partial charge is 0.226 e. The van der Waals surface area contributed by atoms with Gasteiger partial charge in [0.05, 0.1) is 0 Å². The topological polar surface area (TPSA) is 115 Å². The second-order valence-electron chi connectivity index (χ2n) is 5.87. The summed E-state index contributed by atoms with van der Waals surface area (Å²) in [5.74, 6) is 3.55. The molecule has 0 atom stereocenters. The van der Waals surface area contributed by atoms with Crippen molar-refractivity contribution in [2.75, 3.05) is 18.4 Å². The summed E-state index contributed by atoms with van der Waals surface area (Å²) in [4.78, 5) is 23.9. The van der Waals surface area contributed by atoms with Crippen LogP contribution >= 0.6 is 11.6 Å². The molecule has 0 fully saturated rings. The van der Waals surface area contributed by atoms with Gasteiger partial charge in [0.15, 0.2) is 0 Å². The van der Waals surface area contributed by atoms with Gasteiger partial charge in [-0.15, -0.1) is 0 Å². The third-order valence-electron chi connectivity index (χ3n) is 3.06. The lowest BCUT2D eigenvalue weighted by atomic mass is 10.3. The Morgan fingerprint density at radius 2 is 1.19 bits per heavy atom. The van der Waals surface area contributed by atoms with Crippen molar-refractivity contribution in [3.05, 3.63) is 28.6 Å². The summed E-state index contributed by atoms with van der Waals surface area (Å²) in [5, 5.41) is 3.43. The first-order chi connectivity index (χ1) is 12.8. The zero-order valence-electron chi connectivity index (χ0n) is 17.4. The summed E-state index contributed by atoms with van der Waals surface area (Å²) in [6.45, 7) is 13.4. The van der Waals surface area contributed by atoms with Crippen LogP contribution in [0.1, 0.15) is 62.8 Å². The van der Waals surface area contributed by atoms with E-state index in [1.165, 1.54) is 19.3 Å². The minimum atomic E-state index is 0.264. The quantitative estimate of drug-likeness (QED) is 0.711. The molecule has 152 valence electrons. The summed E-state index contributed by atoms with van der Waals surface area (Å²) in [6.07, 6.45) is 4.70. The maximum Gasteiger partial charge on any atom is 0.226 e. The van der Waals surface area contributed by atoms with Crippen LogP contribution in [0.5, 0.6) is 0 Å². The second-order valence-corrected chi connectivity index (χ2v) is 6.21. The fourth-order valence-electron chi connectivity index (χ4n) is 1.85. The molecule has 0 saturated carbocycles. The van der Waals surface area contributed by atoms with Gasteiger partial charge in [-0.1, -0.05) is 26.7 Å². The number of anilines is 1. The van der Waals surface area contributed by atoms with E-state index in [-0.39, 0.29) is 5.28 Å². The van der Waals surface area contributed by atoms with Crippen molar-refractivity contribution in [1.29, 1.82) is 0 Å². The van der Waals surface area contributed by atoms with E-state index in [0.29, 0.717) is 17.6 Å². The third kappa shape index (κ3) is 13.9. The first-order valence-electron chi connectivity index (χ1n) is 9.30. The van der Waals surface area contributed by atoms with Gasteiger partial charge in [0.2, 0.25) is 11.2 Å². The van der Waals surface area contributed by atoms with Crippen molar-refractivity contribution >= 4 is 17.5 Å². The number of rotatable bonds is 6. The molecule has 0 unspecified atom stereocenters. The Balaban J connectivity index is 0.000000419. The van der Waals surface area contributed by atoms with Crippen LogP contribution in [0.4, 0.5) is 5.95 Å². The lowest BCUT2D eigenvalue weighted by Crippen LogP contribution is -2.07. The Labute approximate surface area is 167 Å². The molecule has 0 aliphatic heterocycles. The standard InChI is InChI=1S/C9H16N4.C5H6ClN3.C4H11N/c1-4-5-6-10-9-12-7(2)11-8(3)13-9;1-3-7-4(2)9-5(6)8-3;1-2-3-4-5/h4-6H2,1-3H3,(H,10,11,12,13);1-2H3;2-5H2,1H3. The Morgan fingerprint density at radius 3 is 1.52 bits per heavy atom. The Bertz CT molecular complexity index is 579. The van der Waals surface area contributed by atoms with Crippen LogP contribution in [-0.2, 0) is 0 Å². The second kappa shape index (κ2) is 15.2. The van der Waals surface area contributed by atoms with Crippen LogP contribution in [0, 0.1) is 27.7 Å². The number of halogens is 1. The summed E-state index contributed by atoms with van der Waals surface area (Å²) in [6, 6.07) is 0. The molecule has 0 aliphatic rings. The van der Waals surface area contributed by atoms with E-state index >= 15 is 0 Å². The molecule has 2 aromatic heterocycles. The first-order valence-corrected chi connectivity index (χ1v) is 9.68. The van der Waals surface area contributed by atoms with Crippen LogP contribution in [-0.4, -0.2) is 43.0 Å². The van der Waals surface area contributed by atoms with Gasteiger partial charge >= 0.3 is 0 Å². The van der Waals surface area contributed by atoms with Crippen molar-refractivity contribution in [3.8, 4) is 0 Å². The lowest BCUT2D eigenvalue weighted by Gasteiger charge is -2.04. The predicted octanol–water partition coefficient (Wildman–Crippen LogP) is 3.59. The van der Waals surface area contributed by atoms with Crippen molar-refractivity contribution in [2.45, 2.75) is 67.2 Å². The molecule has 2 rings (SSSR count). The molecule has 0 amide bonds. The van der Waals surface area contributed by atoms with Gasteiger partial charge in [-0.3, -0.25) is 0 Å². The van der Waals surface area contributed by atoms with E-state index in [4.69, 9.17) is 17.3 Å².